The molecule has 1 amide bonds. The topological polar surface area (TPSA) is 85.8 Å². The molecular weight excluding hydrogens is 402 g/mol. The molecule has 2 aromatic carbocycles. The second kappa shape index (κ2) is 8.92. The summed E-state index contributed by atoms with van der Waals surface area (Å²) in [5.74, 6) is -0.159. The summed E-state index contributed by atoms with van der Waals surface area (Å²) in [6.07, 6.45) is 3.47. The van der Waals surface area contributed by atoms with Crippen molar-refractivity contribution in [1.29, 1.82) is 0 Å². The molecule has 0 bridgehead atoms. The zero-order chi connectivity index (χ0) is 20.9. The van der Waals surface area contributed by atoms with Crippen LogP contribution in [0.25, 0.3) is 17.1 Å². The Morgan fingerprint density at radius 2 is 1.90 bits per heavy atom. The standard InChI is InChI=1S/C22H20ClN5O2/c1-15-17(14-28(26-15)19-12-6-5-11-18(19)23)20-25-22(30-27-20)21(29)24-13-7-10-16-8-3-2-4-9-16/h2-6,8-9,11-12,14H,7,10,13H2,1H3,(H,24,29). The largest absolute Gasteiger partial charge is 0.348 e. The molecule has 0 radical (unpaired) electrons. The van der Waals surface area contributed by atoms with E-state index in [1.165, 1.54) is 5.56 Å². The van der Waals surface area contributed by atoms with E-state index in [9.17, 15) is 4.79 Å². The number of aromatic nitrogens is 4. The molecule has 0 saturated heterocycles. The molecule has 4 rings (SSSR count). The molecule has 7 nitrogen and oxygen atoms in total. The Labute approximate surface area is 178 Å². The Bertz CT molecular complexity index is 1150. The molecule has 8 heteroatoms. The van der Waals surface area contributed by atoms with E-state index < -0.39 is 5.91 Å². The molecule has 2 aromatic heterocycles. The average Bonchev–Trinajstić information content (AvgIpc) is 3.39. The van der Waals surface area contributed by atoms with Gasteiger partial charge < -0.3 is 9.84 Å². The van der Waals surface area contributed by atoms with E-state index in [1.807, 2.05) is 43.3 Å². The minimum absolute atomic E-state index is 0.0744. The van der Waals surface area contributed by atoms with Gasteiger partial charge in [0, 0.05) is 12.7 Å². The number of benzene rings is 2. The quantitative estimate of drug-likeness (QED) is 0.451. The summed E-state index contributed by atoms with van der Waals surface area (Å²) in [7, 11) is 0. The summed E-state index contributed by atoms with van der Waals surface area (Å²) >= 11 is 6.25. The van der Waals surface area contributed by atoms with E-state index in [0.29, 0.717) is 28.6 Å². The van der Waals surface area contributed by atoms with Crippen molar-refractivity contribution in [2.45, 2.75) is 19.8 Å². The number of amides is 1. The third kappa shape index (κ3) is 4.41. The third-order valence-electron chi connectivity index (χ3n) is 4.63. The van der Waals surface area contributed by atoms with Gasteiger partial charge in [-0.3, -0.25) is 4.79 Å². The first kappa shape index (κ1) is 19.8. The van der Waals surface area contributed by atoms with Crippen LogP contribution in [0.4, 0.5) is 0 Å². The van der Waals surface area contributed by atoms with Crippen molar-refractivity contribution < 1.29 is 9.32 Å². The maximum Gasteiger partial charge on any atom is 0.316 e. The Hall–Kier alpha value is -3.45. The molecule has 0 aliphatic carbocycles. The van der Waals surface area contributed by atoms with Crippen LogP contribution in [0.1, 0.15) is 28.4 Å². The highest BCUT2D eigenvalue weighted by Gasteiger charge is 2.19. The highest BCUT2D eigenvalue weighted by atomic mass is 35.5. The zero-order valence-corrected chi connectivity index (χ0v) is 17.1. The lowest BCUT2D eigenvalue weighted by atomic mass is 10.1. The summed E-state index contributed by atoms with van der Waals surface area (Å²) in [5, 5.41) is 11.8. The Kier molecular flexibility index (Phi) is 5.90. The second-order valence-corrected chi connectivity index (χ2v) is 7.20. The van der Waals surface area contributed by atoms with Crippen LogP contribution in [-0.2, 0) is 6.42 Å². The van der Waals surface area contributed by atoms with E-state index in [2.05, 4.69) is 32.7 Å². The average molecular weight is 422 g/mol. The normalized spacial score (nSPS) is 10.9. The number of carbonyl (C=O) groups is 1. The highest BCUT2D eigenvalue weighted by Crippen LogP contribution is 2.24. The van der Waals surface area contributed by atoms with E-state index in [1.54, 1.807) is 16.9 Å². The Morgan fingerprint density at radius 1 is 1.13 bits per heavy atom. The van der Waals surface area contributed by atoms with Crippen molar-refractivity contribution in [3.63, 3.8) is 0 Å². The van der Waals surface area contributed by atoms with Gasteiger partial charge in [-0.15, -0.1) is 0 Å². The molecule has 0 fully saturated rings. The van der Waals surface area contributed by atoms with Gasteiger partial charge in [0.15, 0.2) is 0 Å². The van der Waals surface area contributed by atoms with Gasteiger partial charge in [0.05, 0.1) is 22.0 Å². The molecule has 152 valence electrons. The number of nitrogens with zero attached hydrogens (tertiary/aromatic N) is 4. The monoisotopic (exact) mass is 421 g/mol. The van der Waals surface area contributed by atoms with Gasteiger partial charge in [0.2, 0.25) is 5.82 Å². The lowest BCUT2D eigenvalue weighted by Gasteiger charge is -2.02. The number of para-hydroxylation sites is 1. The van der Waals surface area contributed by atoms with Crippen LogP contribution in [0.3, 0.4) is 0 Å². The van der Waals surface area contributed by atoms with Gasteiger partial charge in [-0.05, 0) is 37.5 Å². The number of aryl methyl sites for hydroxylation is 2. The predicted octanol–water partition coefficient (Wildman–Crippen LogP) is 4.25. The summed E-state index contributed by atoms with van der Waals surface area (Å²) in [4.78, 5) is 16.5. The van der Waals surface area contributed by atoms with Crippen LogP contribution in [0.5, 0.6) is 0 Å². The number of halogens is 1. The maximum atomic E-state index is 12.3. The molecule has 1 N–H and O–H groups in total. The summed E-state index contributed by atoms with van der Waals surface area (Å²) in [6.45, 7) is 2.36. The SMILES string of the molecule is Cc1nn(-c2ccccc2Cl)cc1-c1noc(C(=O)NCCCc2ccccc2)n1. The van der Waals surface area contributed by atoms with Crippen molar-refractivity contribution in [2.24, 2.45) is 0 Å². The van der Waals surface area contributed by atoms with Gasteiger partial charge in [-0.25, -0.2) is 4.68 Å². The van der Waals surface area contributed by atoms with Gasteiger partial charge in [0.25, 0.3) is 0 Å². The number of nitrogens with one attached hydrogen (secondary N) is 1. The van der Waals surface area contributed by atoms with Crippen LogP contribution < -0.4 is 5.32 Å². The first-order valence-electron chi connectivity index (χ1n) is 9.59. The number of rotatable bonds is 7. The van der Waals surface area contributed by atoms with Crippen LogP contribution in [0.15, 0.2) is 65.3 Å². The summed E-state index contributed by atoms with van der Waals surface area (Å²) in [6, 6.07) is 17.5. The van der Waals surface area contributed by atoms with E-state index >= 15 is 0 Å². The van der Waals surface area contributed by atoms with Crippen molar-refractivity contribution in [3.8, 4) is 17.1 Å². The number of carbonyl (C=O) groups excluding carboxylic acids is 1. The molecule has 30 heavy (non-hydrogen) atoms. The van der Waals surface area contributed by atoms with Gasteiger partial charge in [-0.1, -0.05) is 59.2 Å². The molecule has 0 unspecified atom stereocenters. The van der Waals surface area contributed by atoms with Crippen molar-refractivity contribution in [1.82, 2.24) is 25.2 Å². The molecular formula is C22H20ClN5O2. The highest BCUT2D eigenvalue weighted by molar-refractivity contribution is 6.32. The Balaban J connectivity index is 1.40. The van der Waals surface area contributed by atoms with Crippen LogP contribution in [0, 0.1) is 6.92 Å². The lowest BCUT2D eigenvalue weighted by Crippen LogP contribution is -2.25. The van der Waals surface area contributed by atoms with Crippen molar-refractivity contribution in [3.05, 3.63) is 83.0 Å². The number of hydrogen-bond acceptors (Lipinski definition) is 5. The minimum atomic E-state index is -0.391. The fourth-order valence-electron chi connectivity index (χ4n) is 3.08. The zero-order valence-electron chi connectivity index (χ0n) is 16.4. The molecule has 4 aromatic rings. The predicted molar refractivity (Wildman–Crippen MR) is 114 cm³/mol. The number of hydrogen-bond donors (Lipinski definition) is 1. The molecule has 0 aliphatic heterocycles. The fraction of sp³-hybridized carbons (Fsp3) is 0.182. The summed E-state index contributed by atoms with van der Waals surface area (Å²) in [5.41, 5.74) is 3.35. The lowest BCUT2D eigenvalue weighted by molar-refractivity contribution is 0.0909. The molecule has 0 saturated carbocycles. The first-order chi connectivity index (χ1) is 14.6. The van der Waals surface area contributed by atoms with Crippen molar-refractivity contribution >= 4 is 17.5 Å². The fourth-order valence-corrected chi connectivity index (χ4v) is 3.30. The maximum absolute atomic E-state index is 12.3. The second-order valence-electron chi connectivity index (χ2n) is 6.79. The van der Waals surface area contributed by atoms with Crippen LogP contribution >= 0.6 is 11.6 Å². The van der Waals surface area contributed by atoms with Gasteiger partial charge >= 0.3 is 11.8 Å². The molecule has 0 atom stereocenters. The minimum Gasteiger partial charge on any atom is -0.348 e. The molecule has 0 aliphatic rings. The summed E-state index contributed by atoms with van der Waals surface area (Å²) < 4.78 is 6.81. The van der Waals surface area contributed by atoms with E-state index in [-0.39, 0.29) is 5.89 Å². The van der Waals surface area contributed by atoms with Crippen LogP contribution in [-0.4, -0.2) is 32.4 Å². The van der Waals surface area contributed by atoms with E-state index in [4.69, 9.17) is 16.1 Å². The smallest absolute Gasteiger partial charge is 0.316 e. The molecule has 0 spiro atoms. The van der Waals surface area contributed by atoms with Crippen molar-refractivity contribution in [2.75, 3.05) is 6.54 Å². The first-order valence-corrected chi connectivity index (χ1v) is 9.97. The van der Waals surface area contributed by atoms with Gasteiger partial charge in [0.1, 0.15) is 0 Å². The van der Waals surface area contributed by atoms with Gasteiger partial charge in [-0.2, -0.15) is 10.1 Å². The Morgan fingerprint density at radius 3 is 2.70 bits per heavy atom. The third-order valence-corrected chi connectivity index (χ3v) is 4.95. The molecule has 2 heterocycles. The van der Waals surface area contributed by atoms with E-state index in [0.717, 1.165) is 18.5 Å². The van der Waals surface area contributed by atoms with Crippen LogP contribution in [0.2, 0.25) is 5.02 Å².